The van der Waals surface area contributed by atoms with Gasteiger partial charge in [-0.3, -0.25) is 4.90 Å². The van der Waals surface area contributed by atoms with Crippen molar-refractivity contribution in [1.82, 2.24) is 4.90 Å². The fourth-order valence-corrected chi connectivity index (χ4v) is 3.07. The maximum atomic E-state index is 9.65. The zero-order chi connectivity index (χ0) is 12.4. The lowest BCUT2D eigenvalue weighted by molar-refractivity contribution is 0.151. The van der Waals surface area contributed by atoms with Gasteiger partial charge in [-0.2, -0.15) is 0 Å². The number of aliphatic hydroxyl groups excluding tert-OH is 1. The van der Waals surface area contributed by atoms with Crippen LogP contribution in [-0.2, 0) is 0 Å². The second-order valence-corrected chi connectivity index (χ2v) is 5.62. The summed E-state index contributed by atoms with van der Waals surface area (Å²) in [7, 11) is 0. The molecule has 0 spiro atoms. The molecule has 1 fully saturated rings. The molecule has 0 aliphatic carbocycles. The first-order valence-corrected chi connectivity index (χ1v) is 6.81. The first-order chi connectivity index (χ1) is 8.09. The largest absolute Gasteiger partial charge is 0.392 e. The van der Waals surface area contributed by atoms with Gasteiger partial charge in [0.05, 0.1) is 12.1 Å². The monoisotopic (exact) mass is 298 g/mol. The van der Waals surface area contributed by atoms with Crippen LogP contribution in [0.25, 0.3) is 0 Å². The normalized spacial score (nSPS) is 24.8. The maximum absolute atomic E-state index is 9.65. The number of hydrogen-bond donors (Lipinski definition) is 2. The first kappa shape index (κ1) is 13.0. The van der Waals surface area contributed by atoms with Crippen LogP contribution in [0, 0.1) is 0 Å². The van der Waals surface area contributed by atoms with Crippen molar-refractivity contribution in [2.75, 3.05) is 13.1 Å². The van der Waals surface area contributed by atoms with Gasteiger partial charge < -0.3 is 10.8 Å². The van der Waals surface area contributed by atoms with E-state index < -0.39 is 0 Å². The Bertz CT molecular complexity index is 383. The summed E-state index contributed by atoms with van der Waals surface area (Å²) in [4.78, 5) is 2.27. The van der Waals surface area contributed by atoms with E-state index in [1.165, 1.54) is 5.56 Å². The van der Waals surface area contributed by atoms with Crippen molar-refractivity contribution < 1.29 is 5.11 Å². The second-order valence-electron chi connectivity index (χ2n) is 4.76. The lowest BCUT2D eigenvalue weighted by Gasteiger charge is -2.31. The summed E-state index contributed by atoms with van der Waals surface area (Å²) in [6, 6.07) is 8.38. The molecule has 17 heavy (non-hydrogen) atoms. The number of rotatable bonds is 3. The summed E-state index contributed by atoms with van der Waals surface area (Å²) in [5.41, 5.74) is 7.32. The zero-order valence-corrected chi connectivity index (χ0v) is 11.6. The molecule has 0 saturated carbocycles. The Hall–Kier alpha value is -0.420. The molecule has 3 unspecified atom stereocenters. The van der Waals surface area contributed by atoms with Crippen LogP contribution < -0.4 is 5.73 Å². The van der Waals surface area contributed by atoms with E-state index in [4.69, 9.17) is 5.73 Å². The van der Waals surface area contributed by atoms with Gasteiger partial charge in [0, 0.05) is 23.6 Å². The molecule has 1 aromatic rings. The number of nitrogens with zero attached hydrogens (tertiary/aromatic N) is 1. The Morgan fingerprint density at radius 2 is 2.18 bits per heavy atom. The predicted molar refractivity (Wildman–Crippen MR) is 72.7 cm³/mol. The van der Waals surface area contributed by atoms with E-state index >= 15 is 0 Å². The molecule has 3 atom stereocenters. The van der Waals surface area contributed by atoms with Crippen LogP contribution in [0.2, 0.25) is 0 Å². The average molecular weight is 299 g/mol. The van der Waals surface area contributed by atoms with Gasteiger partial charge in [-0.25, -0.2) is 0 Å². The highest BCUT2D eigenvalue weighted by molar-refractivity contribution is 9.10. The molecule has 1 aromatic carbocycles. The van der Waals surface area contributed by atoms with Crippen LogP contribution in [0.5, 0.6) is 0 Å². The number of benzene rings is 1. The number of β-amino-alcohol motifs (C(OH)–C–C–N with tert-alkyl or cyclic N) is 1. The van der Waals surface area contributed by atoms with Gasteiger partial charge in [-0.15, -0.1) is 0 Å². The molecule has 0 aromatic heterocycles. The van der Waals surface area contributed by atoms with Crippen molar-refractivity contribution >= 4 is 15.9 Å². The van der Waals surface area contributed by atoms with Crippen LogP contribution in [0.3, 0.4) is 0 Å². The second kappa shape index (κ2) is 5.48. The van der Waals surface area contributed by atoms with Crippen molar-refractivity contribution in [2.45, 2.75) is 31.5 Å². The van der Waals surface area contributed by atoms with Gasteiger partial charge in [0.2, 0.25) is 0 Å². The molecular formula is C13H19BrN2O. The van der Waals surface area contributed by atoms with Crippen molar-refractivity contribution in [2.24, 2.45) is 5.73 Å². The molecule has 94 valence electrons. The smallest absolute Gasteiger partial charge is 0.0679 e. The van der Waals surface area contributed by atoms with Gasteiger partial charge in [0.15, 0.2) is 0 Å². The van der Waals surface area contributed by atoms with Gasteiger partial charge in [-0.05, 0) is 25.0 Å². The summed E-state index contributed by atoms with van der Waals surface area (Å²) in [6.07, 6.45) is 0.631. The minimum atomic E-state index is -0.210. The van der Waals surface area contributed by atoms with Crippen LogP contribution in [0.1, 0.15) is 24.9 Å². The average Bonchev–Trinajstić information content (AvgIpc) is 2.68. The van der Waals surface area contributed by atoms with Crippen molar-refractivity contribution in [1.29, 1.82) is 0 Å². The minimum Gasteiger partial charge on any atom is -0.392 e. The summed E-state index contributed by atoms with van der Waals surface area (Å²) >= 11 is 3.58. The number of hydrogen-bond acceptors (Lipinski definition) is 3. The Labute approximate surface area is 111 Å². The minimum absolute atomic E-state index is 0.0407. The lowest BCUT2D eigenvalue weighted by atomic mass is 9.99. The Balaban J connectivity index is 2.27. The fraction of sp³-hybridized carbons (Fsp3) is 0.538. The molecule has 3 N–H and O–H groups in total. The van der Waals surface area contributed by atoms with Crippen LogP contribution in [-0.4, -0.2) is 35.2 Å². The number of nitrogens with two attached hydrogens (primary N) is 1. The van der Waals surface area contributed by atoms with E-state index in [1.54, 1.807) is 0 Å². The highest BCUT2D eigenvalue weighted by atomic mass is 79.9. The molecule has 3 nitrogen and oxygen atoms in total. The molecule has 0 radical (unpaired) electrons. The zero-order valence-electron chi connectivity index (χ0n) is 10.0. The summed E-state index contributed by atoms with van der Waals surface area (Å²) in [5.74, 6) is 0. The van der Waals surface area contributed by atoms with Crippen LogP contribution >= 0.6 is 15.9 Å². The molecule has 2 rings (SSSR count). The topological polar surface area (TPSA) is 49.5 Å². The molecule has 1 saturated heterocycles. The van der Waals surface area contributed by atoms with Gasteiger partial charge in [0.25, 0.3) is 0 Å². The molecule has 4 heteroatoms. The molecule has 0 amide bonds. The third-order valence-electron chi connectivity index (χ3n) is 3.31. The lowest BCUT2D eigenvalue weighted by Crippen LogP contribution is -2.38. The van der Waals surface area contributed by atoms with E-state index in [0.717, 1.165) is 17.4 Å². The quantitative estimate of drug-likeness (QED) is 0.896. The number of aliphatic hydroxyl groups is 1. The Kier molecular flexibility index (Phi) is 4.20. The van der Waals surface area contributed by atoms with Crippen LogP contribution in [0.15, 0.2) is 28.7 Å². The predicted octanol–water partition coefficient (Wildman–Crippen LogP) is 1.90. The summed E-state index contributed by atoms with van der Waals surface area (Å²) in [5, 5.41) is 9.65. The highest BCUT2D eigenvalue weighted by Gasteiger charge is 2.31. The number of likely N-dealkylation sites (tertiary alicyclic amines) is 1. The SMILES string of the molecule is CC(N)C(c1ccccc1Br)N1CCC(O)C1. The highest BCUT2D eigenvalue weighted by Crippen LogP contribution is 2.32. The van der Waals surface area contributed by atoms with Gasteiger partial charge >= 0.3 is 0 Å². The van der Waals surface area contributed by atoms with E-state index in [0.29, 0.717) is 6.54 Å². The molecule has 1 heterocycles. The van der Waals surface area contributed by atoms with Crippen LogP contribution in [0.4, 0.5) is 0 Å². The first-order valence-electron chi connectivity index (χ1n) is 6.01. The third-order valence-corrected chi connectivity index (χ3v) is 4.03. The standard InChI is InChI=1S/C13H19BrN2O/c1-9(15)13(16-7-6-10(17)8-16)11-4-2-3-5-12(11)14/h2-5,9-10,13,17H,6-8,15H2,1H3. The molecule has 1 aliphatic heterocycles. The molecule has 0 bridgehead atoms. The van der Waals surface area contributed by atoms with E-state index in [-0.39, 0.29) is 18.2 Å². The summed E-state index contributed by atoms with van der Waals surface area (Å²) < 4.78 is 1.09. The molecule has 1 aliphatic rings. The fourth-order valence-electron chi connectivity index (χ4n) is 2.55. The van der Waals surface area contributed by atoms with Gasteiger partial charge in [0.1, 0.15) is 0 Å². The number of halogens is 1. The summed E-state index contributed by atoms with van der Waals surface area (Å²) in [6.45, 7) is 3.65. The van der Waals surface area contributed by atoms with E-state index in [2.05, 4.69) is 26.9 Å². The van der Waals surface area contributed by atoms with E-state index in [9.17, 15) is 5.11 Å². The maximum Gasteiger partial charge on any atom is 0.0679 e. The van der Waals surface area contributed by atoms with E-state index in [1.807, 2.05) is 25.1 Å². The van der Waals surface area contributed by atoms with Crippen molar-refractivity contribution in [3.8, 4) is 0 Å². The van der Waals surface area contributed by atoms with Gasteiger partial charge in [-0.1, -0.05) is 34.1 Å². The third kappa shape index (κ3) is 2.88. The molecular weight excluding hydrogens is 280 g/mol. The Morgan fingerprint density at radius 3 is 2.71 bits per heavy atom. The Morgan fingerprint density at radius 1 is 1.47 bits per heavy atom. The van der Waals surface area contributed by atoms with Crippen molar-refractivity contribution in [3.63, 3.8) is 0 Å². The van der Waals surface area contributed by atoms with Crippen molar-refractivity contribution in [3.05, 3.63) is 34.3 Å².